The minimum atomic E-state index is -0.321. The van der Waals surface area contributed by atoms with Gasteiger partial charge >= 0.3 is 6.03 Å². The molecule has 4 aromatic rings. The Morgan fingerprint density at radius 1 is 0.875 bits per heavy atom. The van der Waals surface area contributed by atoms with Crippen molar-refractivity contribution in [3.63, 3.8) is 0 Å². The highest BCUT2D eigenvalue weighted by molar-refractivity contribution is 6.01. The van der Waals surface area contributed by atoms with Gasteiger partial charge < -0.3 is 5.32 Å². The monoisotopic (exact) mass is 427 g/mol. The third kappa shape index (κ3) is 4.08. The van der Waals surface area contributed by atoms with Crippen molar-refractivity contribution in [2.45, 2.75) is 46.5 Å². The van der Waals surface area contributed by atoms with E-state index in [9.17, 15) is 4.79 Å². The number of anilines is 2. The van der Waals surface area contributed by atoms with Crippen LogP contribution in [0.3, 0.4) is 0 Å². The van der Waals surface area contributed by atoms with Crippen molar-refractivity contribution < 1.29 is 4.79 Å². The Morgan fingerprint density at radius 3 is 2.22 bits per heavy atom. The smallest absolute Gasteiger partial charge is 0.307 e. The first-order valence-electron chi connectivity index (χ1n) is 11.0. The number of urea groups is 1. The predicted molar refractivity (Wildman–Crippen MR) is 131 cm³/mol. The lowest BCUT2D eigenvalue weighted by Gasteiger charge is -2.20. The molecule has 2 amide bonds. The van der Waals surface area contributed by atoms with Crippen LogP contribution in [0.2, 0.25) is 0 Å². The van der Waals surface area contributed by atoms with Crippen LogP contribution in [0, 0.1) is 6.92 Å². The highest BCUT2D eigenvalue weighted by Crippen LogP contribution is 2.33. The number of aryl methyl sites for hydroxylation is 1. The number of imidazole rings is 1. The fourth-order valence-electron chi connectivity index (χ4n) is 4.01. The molecule has 2 aromatic carbocycles. The quantitative estimate of drug-likeness (QED) is 0.376. The van der Waals surface area contributed by atoms with Crippen molar-refractivity contribution in [2.75, 3.05) is 10.6 Å². The van der Waals surface area contributed by atoms with Crippen LogP contribution in [-0.4, -0.2) is 20.6 Å². The number of aromatic nitrogens is 3. The van der Waals surface area contributed by atoms with Gasteiger partial charge in [-0.25, -0.2) is 9.78 Å². The molecule has 2 N–H and O–H groups in total. The molecule has 0 bridgehead atoms. The summed E-state index contributed by atoms with van der Waals surface area (Å²) in [4.78, 5) is 22.3. The summed E-state index contributed by atoms with van der Waals surface area (Å²) in [5.41, 5.74) is 6.54. The number of benzene rings is 2. The molecule has 0 unspecified atom stereocenters. The summed E-state index contributed by atoms with van der Waals surface area (Å²) in [6.07, 6.45) is 1.76. The first-order valence-corrected chi connectivity index (χ1v) is 11.0. The highest BCUT2D eigenvalue weighted by Gasteiger charge is 2.19. The van der Waals surface area contributed by atoms with Crippen LogP contribution in [-0.2, 0) is 0 Å². The highest BCUT2D eigenvalue weighted by atomic mass is 16.2. The molecule has 0 spiro atoms. The van der Waals surface area contributed by atoms with Gasteiger partial charge in [0.15, 0.2) is 0 Å². The number of nitrogens with one attached hydrogen (secondary N) is 2. The zero-order chi connectivity index (χ0) is 22.8. The van der Waals surface area contributed by atoms with Crippen LogP contribution in [0.15, 0.2) is 60.8 Å². The van der Waals surface area contributed by atoms with Crippen LogP contribution in [0.4, 0.5) is 16.4 Å². The van der Waals surface area contributed by atoms with Crippen molar-refractivity contribution in [2.24, 2.45) is 0 Å². The number of carbonyl (C=O) groups is 1. The minimum Gasteiger partial charge on any atom is -0.307 e. The second-order valence-electron chi connectivity index (χ2n) is 8.57. The summed E-state index contributed by atoms with van der Waals surface area (Å²) in [5, 5.41) is 6.09. The second-order valence-corrected chi connectivity index (χ2v) is 8.57. The molecule has 6 heteroatoms. The fraction of sp³-hybridized carbons (Fsp3) is 0.269. The number of fused-ring (bicyclic) bond motifs is 1. The first kappa shape index (κ1) is 21.6. The number of rotatable bonds is 5. The SMILES string of the molecule is Cc1ncccc1-n1c(NC(=O)Nc2c(C(C)C)cccc2C(C)C)nc2ccccc21. The van der Waals surface area contributed by atoms with Crippen LogP contribution < -0.4 is 10.6 Å². The Labute approximate surface area is 188 Å². The molecule has 0 saturated heterocycles. The Morgan fingerprint density at radius 2 is 1.56 bits per heavy atom. The lowest BCUT2D eigenvalue weighted by atomic mass is 9.93. The van der Waals surface area contributed by atoms with Gasteiger partial charge in [-0.1, -0.05) is 58.0 Å². The molecule has 2 aromatic heterocycles. The topological polar surface area (TPSA) is 71.8 Å². The average Bonchev–Trinajstić information content (AvgIpc) is 3.11. The molecule has 0 atom stereocenters. The van der Waals surface area contributed by atoms with Gasteiger partial charge in [-0.15, -0.1) is 0 Å². The first-order chi connectivity index (χ1) is 15.4. The Bertz CT molecular complexity index is 1250. The summed E-state index contributed by atoms with van der Waals surface area (Å²) in [7, 11) is 0. The molecule has 0 saturated carbocycles. The summed E-state index contributed by atoms with van der Waals surface area (Å²) >= 11 is 0. The Hall–Kier alpha value is -3.67. The number of pyridine rings is 1. The predicted octanol–water partition coefficient (Wildman–Crippen LogP) is 6.62. The van der Waals surface area contributed by atoms with Crippen molar-refractivity contribution in [3.05, 3.63) is 77.6 Å². The lowest BCUT2D eigenvalue weighted by molar-refractivity contribution is 0.262. The summed E-state index contributed by atoms with van der Waals surface area (Å²) in [5.74, 6) is 1.02. The molecule has 4 rings (SSSR count). The van der Waals surface area contributed by atoms with Crippen LogP contribution in [0.1, 0.15) is 56.4 Å². The molecule has 2 heterocycles. The van der Waals surface area contributed by atoms with E-state index < -0.39 is 0 Å². The van der Waals surface area contributed by atoms with E-state index in [0.29, 0.717) is 5.95 Å². The van der Waals surface area contributed by atoms with Crippen LogP contribution in [0.5, 0.6) is 0 Å². The van der Waals surface area contributed by atoms with E-state index in [2.05, 4.69) is 61.5 Å². The van der Waals surface area contributed by atoms with Gasteiger partial charge in [0.25, 0.3) is 0 Å². The van der Waals surface area contributed by atoms with Crippen molar-refractivity contribution in [1.29, 1.82) is 0 Å². The van der Waals surface area contributed by atoms with Crippen LogP contribution in [0.25, 0.3) is 16.7 Å². The van der Waals surface area contributed by atoms with Crippen molar-refractivity contribution >= 4 is 28.7 Å². The van der Waals surface area contributed by atoms with E-state index in [1.807, 2.05) is 47.9 Å². The maximum Gasteiger partial charge on any atom is 0.326 e. The van der Waals surface area contributed by atoms with E-state index in [1.54, 1.807) is 6.20 Å². The third-order valence-electron chi connectivity index (χ3n) is 5.62. The fourth-order valence-corrected chi connectivity index (χ4v) is 4.01. The summed E-state index contributed by atoms with van der Waals surface area (Å²) in [6, 6.07) is 17.6. The third-order valence-corrected chi connectivity index (χ3v) is 5.62. The van der Waals surface area contributed by atoms with E-state index in [0.717, 1.165) is 39.2 Å². The largest absolute Gasteiger partial charge is 0.326 e. The standard InChI is InChI=1S/C26H29N5O/c1-16(2)19-10-8-11-20(17(3)4)24(19)29-26(32)30-25-28-21-12-6-7-13-23(21)31(25)22-14-9-15-27-18(22)5/h6-17H,1-5H3,(H2,28,29,30,32). The number of amides is 2. The number of hydrogen-bond acceptors (Lipinski definition) is 3. The van der Waals surface area contributed by atoms with Gasteiger partial charge in [-0.2, -0.15) is 0 Å². The van der Waals surface area contributed by atoms with Gasteiger partial charge in [0.2, 0.25) is 5.95 Å². The molecule has 0 aliphatic carbocycles. The van der Waals surface area contributed by atoms with E-state index in [1.165, 1.54) is 0 Å². The second kappa shape index (κ2) is 8.83. The molecular formula is C26H29N5O. The summed E-state index contributed by atoms with van der Waals surface area (Å²) < 4.78 is 1.94. The molecule has 0 aliphatic rings. The summed E-state index contributed by atoms with van der Waals surface area (Å²) in [6.45, 7) is 10.5. The van der Waals surface area contributed by atoms with Gasteiger partial charge in [-0.3, -0.25) is 14.9 Å². The zero-order valence-electron chi connectivity index (χ0n) is 19.2. The molecule has 0 radical (unpaired) electrons. The number of carbonyl (C=O) groups excluding carboxylic acids is 1. The van der Waals surface area contributed by atoms with Gasteiger partial charge in [-0.05, 0) is 54.2 Å². The normalized spacial score (nSPS) is 11.3. The van der Waals surface area contributed by atoms with Crippen molar-refractivity contribution in [1.82, 2.24) is 14.5 Å². The maximum absolute atomic E-state index is 13.2. The van der Waals surface area contributed by atoms with E-state index >= 15 is 0 Å². The van der Waals surface area contributed by atoms with E-state index in [-0.39, 0.29) is 17.9 Å². The molecule has 164 valence electrons. The average molecular weight is 428 g/mol. The van der Waals surface area contributed by atoms with Gasteiger partial charge in [0.05, 0.1) is 22.4 Å². The lowest BCUT2D eigenvalue weighted by Crippen LogP contribution is -2.23. The van der Waals surface area contributed by atoms with Gasteiger partial charge in [0.1, 0.15) is 0 Å². The van der Waals surface area contributed by atoms with E-state index in [4.69, 9.17) is 4.98 Å². The maximum atomic E-state index is 13.2. The molecule has 0 fully saturated rings. The Balaban J connectivity index is 1.74. The number of hydrogen-bond donors (Lipinski definition) is 2. The van der Waals surface area contributed by atoms with Crippen molar-refractivity contribution in [3.8, 4) is 5.69 Å². The zero-order valence-corrected chi connectivity index (χ0v) is 19.2. The van der Waals surface area contributed by atoms with Gasteiger partial charge in [0, 0.05) is 11.9 Å². The molecule has 32 heavy (non-hydrogen) atoms. The molecular weight excluding hydrogens is 398 g/mol. The molecule has 0 aliphatic heterocycles. The number of para-hydroxylation sites is 3. The molecule has 6 nitrogen and oxygen atoms in total. The number of nitrogens with zero attached hydrogens (tertiary/aromatic N) is 3. The minimum absolute atomic E-state index is 0.284. The Kier molecular flexibility index (Phi) is 5.95. The van der Waals surface area contributed by atoms with Crippen LogP contribution >= 0.6 is 0 Å².